The van der Waals surface area contributed by atoms with Gasteiger partial charge in [-0.25, -0.2) is 0 Å². The highest BCUT2D eigenvalue weighted by Gasteiger charge is 2.57. The second-order valence-electron chi connectivity index (χ2n) is 16.7. The molecule has 1 heterocycles. The third-order valence-electron chi connectivity index (χ3n) is 12.0. The molecule has 1 amide bonds. The van der Waals surface area contributed by atoms with Crippen LogP contribution in [0.25, 0.3) is 0 Å². The Morgan fingerprint density at radius 1 is 1.10 bits per heavy atom. The predicted molar refractivity (Wildman–Crippen MR) is 204 cm³/mol. The minimum Gasteiger partial charge on any atom is -0.516 e. The van der Waals surface area contributed by atoms with E-state index in [-0.39, 0.29) is 11.9 Å². The maximum absolute atomic E-state index is 14.2. The number of nitrogens with zero attached hydrogens (tertiary/aromatic N) is 3. The molecule has 8 nitrogen and oxygen atoms in total. The van der Waals surface area contributed by atoms with Gasteiger partial charge in [0.05, 0.1) is 18.9 Å². The summed E-state index contributed by atoms with van der Waals surface area (Å²) in [5, 5.41) is 25.9. The molecule has 2 aromatic carbocycles. The van der Waals surface area contributed by atoms with E-state index >= 15 is 0 Å². The number of halogens is 1. The lowest BCUT2D eigenvalue weighted by Gasteiger charge is -2.62. The van der Waals surface area contributed by atoms with Crippen LogP contribution >= 0.6 is 15.9 Å². The molecule has 2 bridgehead atoms. The van der Waals surface area contributed by atoms with Crippen molar-refractivity contribution in [3.8, 4) is 0 Å². The van der Waals surface area contributed by atoms with Gasteiger partial charge < -0.3 is 20.4 Å². The largest absolute Gasteiger partial charge is 0.516 e. The summed E-state index contributed by atoms with van der Waals surface area (Å²) in [6.45, 7) is 16.2. The minimum atomic E-state index is -0.820. The second kappa shape index (κ2) is 16.6. The van der Waals surface area contributed by atoms with E-state index in [2.05, 4.69) is 128 Å². The zero-order valence-electron chi connectivity index (χ0n) is 31.4. The number of hydrogen-bond acceptors (Lipinski definition) is 7. The summed E-state index contributed by atoms with van der Waals surface area (Å²) >= 11 is 3.79. The molecule has 50 heavy (non-hydrogen) atoms. The fraction of sp³-hybridized carbons (Fsp3) is 0.634. The van der Waals surface area contributed by atoms with Crippen LogP contribution in [-0.2, 0) is 29.3 Å². The highest BCUT2D eigenvalue weighted by molar-refractivity contribution is 9.10. The standard InChI is InChI=1S/C41H61BrN4O4/c1-26(2)18-33(25-44(7)8)45(24-31-14-9-10-15-35(31)42)22-29-12-11-13-30(19-29)23-46-39(38(28(4)48)37(50-46)16-17-47)40(49)43-36-21-32-20-34(27(36)3)41(32,5)6/h9-17,19,26-28,32-34,36-39,47-48H,18,20-25H2,1-8H3,(H,43,49)/b17-16+/t27-,28-,32+,33-,34-,36-,37?,38+,39-/m0/s1. The number of amides is 1. The van der Waals surface area contributed by atoms with E-state index in [1.807, 2.05) is 0 Å². The molecule has 3 aliphatic carbocycles. The smallest absolute Gasteiger partial charge is 0.240 e. The molecule has 276 valence electrons. The van der Waals surface area contributed by atoms with Gasteiger partial charge in [-0.3, -0.25) is 14.5 Å². The number of benzene rings is 2. The predicted octanol–water partition coefficient (Wildman–Crippen LogP) is 7.17. The Hall–Kier alpha value is -2.27. The van der Waals surface area contributed by atoms with Gasteiger partial charge in [0, 0.05) is 42.1 Å². The summed E-state index contributed by atoms with van der Waals surface area (Å²) in [7, 11) is 4.29. The van der Waals surface area contributed by atoms with Crippen LogP contribution in [0.5, 0.6) is 0 Å². The van der Waals surface area contributed by atoms with Gasteiger partial charge in [-0.1, -0.05) is 93.0 Å². The van der Waals surface area contributed by atoms with E-state index in [1.54, 1.807) is 12.0 Å². The average Bonchev–Trinajstić information content (AvgIpc) is 3.39. The van der Waals surface area contributed by atoms with Crippen LogP contribution in [-0.4, -0.2) is 82.0 Å². The lowest BCUT2D eigenvalue weighted by atomic mass is 9.45. The van der Waals surface area contributed by atoms with Crippen LogP contribution in [0, 0.1) is 35.0 Å². The maximum Gasteiger partial charge on any atom is 0.240 e. The molecular formula is C41H61BrN4O4. The highest BCUT2D eigenvalue weighted by Crippen LogP contribution is 2.61. The average molecular weight is 754 g/mol. The van der Waals surface area contributed by atoms with Crippen LogP contribution in [0.3, 0.4) is 0 Å². The normalized spacial score (nSPS) is 29.1. The summed E-state index contributed by atoms with van der Waals surface area (Å²) in [4.78, 5) is 25.5. The van der Waals surface area contributed by atoms with Crippen LogP contribution in [0.2, 0.25) is 0 Å². The van der Waals surface area contributed by atoms with E-state index in [9.17, 15) is 15.0 Å². The molecule has 4 fully saturated rings. The fourth-order valence-electron chi connectivity index (χ4n) is 9.21. The highest BCUT2D eigenvalue weighted by atomic mass is 79.9. The van der Waals surface area contributed by atoms with E-state index < -0.39 is 24.2 Å². The Balaban J connectivity index is 1.38. The lowest BCUT2D eigenvalue weighted by Crippen LogP contribution is -2.62. The maximum atomic E-state index is 14.2. The van der Waals surface area contributed by atoms with Crippen LogP contribution in [0.4, 0.5) is 0 Å². The molecule has 0 aromatic heterocycles. The molecule has 9 atom stereocenters. The van der Waals surface area contributed by atoms with Crippen molar-refractivity contribution < 1.29 is 19.8 Å². The van der Waals surface area contributed by atoms with Crippen LogP contribution < -0.4 is 5.32 Å². The van der Waals surface area contributed by atoms with E-state index in [0.29, 0.717) is 41.7 Å². The number of likely N-dealkylation sites (N-methyl/N-ethyl adjacent to an activating group) is 1. The third kappa shape index (κ3) is 8.84. The topological polar surface area (TPSA) is 88.5 Å². The number of aliphatic hydroxyl groups excluding tert-OH is 2. The zero-order valence-corrected chi connectivity index (χ0v) is 33.0. The molecule has 9 heteroatoms. The fourth-order valence-corrected chi connectivity index (χ4v) is 9.62. The summed E-state index contributed by atoms with van der Waals surface area (Å²) in [6, 6.07) is 16.8. The molecule has 1 aliphatic heterocycles. The van der Waals surface area contributed by atoms with Gasteiger partial charge in [0.2, 0.25) is 5.91 Å². The van der Waals surface area contributed by atoms with Crippen molar-refractivity contribution in [2.75, 3.05) is 20.6 Å². The Bertz CT molecular complexity index is 1450. The number of rotatable bonds is 15. The Morgan fingerprint density at radius 3 is 2.44 bits per heavy atom. The Morgan fingerprint density at radius 2 is 1.82 bits per heavy atom. The van der Waals surface area contributed by atoms with E-state index in [1.165, 1.54) is 23.6 Å². The summed E-state index contributed by atoms with van der Waals surface area (Å²) < 4.78 is 1.12. The van der Waals surface area contributed by atoms with E-state index in [0.717, 1.165) is 48.8 Å². The Labute approximate surface area is 309 Å². The summed E-state index contributed by atoms with van der Waals surface area (Å²) in [6.07, 6.45) is 4.35. The van der Waals surface area contributed by atoms with Gasteiger partial charge in [-0.05, 0) is 98.2 Å². The number of nitrogens with one attached hydrogen (secondary N) is 1. The summed E-state index contributed by atoms with van der Waals surface area (Å²) in [5.41, 5.74) is 3.80. The van der Waals surface area contributed by atoms with Gasteiger partial charge in [-0.15, -0.1) is 0 Å². The molecule has 3 N–H and O–H groups in total. The molecule has 6 rings (SSSR count). The van der Waals surface area contributed by atoms with Crippen molar-refractivity contribution in [2.24, 2.45) is 35.0 Å². The number of carbonyl (C=O) groups is 1. The molecule has 1 saturated heterocycles. The molecule has 1 unspecified atom stereocenters. The van der Waals surface area contributed by atoms with Gasteiger partial charge in [0.15, 0.2) is 0 Å². The molecular weight excluding hydrogens is 692 g/mol. The van der Waals surface area contributed by atoms with Crippen molar-refractivity contribution in [1.82, 2.24) is 20.2 Å². The molecule has 2 aromatic rings. The molecule has 0 radical (unpaired) electrons. The van der Waals surface area contributed by atoms with Gasteiger partial charge >= 0.3 is 0 Å². The van der Waals surface area contributed by atoms with Gasteiger partial charge in [0.25, 0.3) is 0 Å². The first-order chi connectivity index (χ1) is 23.7. The van der Waals surface area contributed by atoms with E-state index in [4.69, 9.17) is 4.84 Å². The quantitative estimate of drug-likeness (QED) is 0.166. The Kier molecular flexibility index (Phi) is 12.9. The number of fused-ring (bicyclic) bond motifs is 2. The lowest BCUT2D eigenvalue weighted by molar-refractivity contribution is -0.170. The molecule has 3 saturated carbocycles. The number of aliphatic hydroxyl groups is 2. The second-order valence-corrected chi connectivity index (χ2v) is 17.5. The van der Waals surface area contributed by atoms with Gasteiger partial charge in [0.1, 0.15) is 12.1 Å². The van der Waals surface area contributed by atoms with Crippen LogP contribution in [0.1, 0.15) is 77.5 Å². The van der Waals surface area contributed by atoms with Crippen molar-refractivity contribution in [1.29, 1.82) is 0 Å². The van der Waals surface area contributed by atoms with Gasteiger partial charge in [-0.2, -0.15) is 5.06 Å². The monoisotopic (exact) mass is 752 g/mol. The first-order valence-electron chi connectivity index (χ1n) is 18.6. The first kappa shape index (κ1) is 38.9. The molecule has 0 spiro atoms. The SMILES string of the molecule is CC(C)C[C@@H](CN(C)C)N(Cc1cccc(CN2OC(/C=C/O)[C@@H]([C@H](C)O)[C@H]2C(=O)N[C@H]2C[C@H]3C[C@@H]([C@@H]2C)C3(C)C)c1)Cc1ccccc1Br. The number of hydroxylamine groups is 2. The van der Waals surface area contributed by atoms with Crippen molar-refractivity contribution >= 4 is 21.8 Å². The van der Waals surface area contributed by atoms with Crippen molar-refractivity contribution in [3.63, 3.8) is 0 Å². The number of carbonyl (C=O) groups excluding carboxylic acids is 1. The number of hydrogen-bond donors (Lipinski definition) is 3. The zero-order chi connectivity index (χ0) is 36.3. The minimum absolute atomic E-state index is 0.100. The first-order valence-corrected chi connectivity index (χ1v) is 19.4. The molecule has 4 aliphatic rings. The summed E-state index contributed by atoms with van der Waals surface area (Å²) in [5.74, 6) is 1.51. The van der Waals surface area contributed by atoms with Crippen LogP contribution in [0.15, 0.2) is 65.3 Å². The van der Waals surface area contributed by atoms with Crippen molar-refractivity contribution in [3.05, 3.63) is 82.0 Å². The third-order valence-corrected chi connectivity index (χ3v) is 12.8. The van der Waals surface area contributed by atoms with Crippen molar-refractivity contribution in [2.45, 2.75) is 111 Å².